The molecule has 0 aliphatic carbocycles. The van der Waals surface area contributed by atoms with E-state index in [0.717, 1.165) is 17.0 Å². The fourth-order valence-electron chi connectivity index (χ4n) is 2.47. The first-order valence-corrected chi connectivity index (χ1v) is 7.59. The molecule has 5 heteroatoms. The molecule has 0 bridgehead atoms. The summed E-state index contributed by atoms with van der Waals surface area (Å²) in [4.78, 5) is 12.2. The molecule has 2 N–H and O–H groups in total. The van der Waals surface area contributed by atoms with E-state index in [0.29, 0.717) is 19.0 Å². The lowest BCUT2D eigenvalue weighted by molar-refractivity contribution is 0.171. The quantitative estimate of drug-likeness (QED) is 0.911. The number of rotatable bonds is 3. The topological polar surface area (TPSA) is 59.6 Å². The van der Waals surface area contributed by atoms with Gasteiger partial charge >= 0.3 is 6.03 Å². The second kappa shape index (κ2) is 6.20. The van der Waals surface area contributed by atoms with Gasteiger partial charge in [0.2, 0.25) is 0 Å². The standard InChI is InChI=1S/C18H20N2O3/c1-18(2,20-17(21)19-14-6-4-3-5-7-14)13-8-9-15-16(12-13)23-11-10-22-15/h3-9,12H,10-11H2,1-2H3,(H2,19,20,21). The van der Waals surface area contributed by atoms with Gasteiger partial charge in [-0.05, 0) is 43.7 Å². The number of anilines is 1. The van der Waals surface area contributed by atoms with Gasteiger partial charge in [-0.1, -0.05) is 24.3 Å². The number of para-hydroxylation sites is 1. The third-order valence-electron chi connectivity index (χ3n) is 3.72. The molecule has 23 heavy (non-hydrogen) atoms. The van der Waals surface area contributed by atoms with Crippen molar-refractivity contribution >= 4 is 11.7 Å². The van der Waals surface area contributed by atoms with E-state index in [1.165, 1.54) is 0 Å². The maximum atomic E-state index is 12.2. The zero-order valence-electron chi connectivity index (χ0n) is 13.3. The fraction of sp³-hybridized carbons (Fsp3) is 0.278. The average molecular weight is 312 g/mol. The van der Waals surface area contributed by atoms with Crippen molar-refractivity contribution in [3.8, 4) is 11.5 Å². The van der Waals surface area contributed by atoms with Gasteiger partial charge in [-0.15, -0.1) is 0 Å². The third kappa shape index (κ3) is 3.56. The summed E-state index contributed by atoms with van der Waals surface area (Å²) in [6.07, 6.45) is 0. The molecule has 0 atom stereocenters. The molecule has 1 aliphatic rings. The van der Waals surface area contributed by atoms with E-state index in [4.69, 9.17) is 9.47 Å². The number of urea groups is 1. The first-order valence-electron chi connectivity index (χ1n) is 7.59. The van der Waals surface area contributed by atoms with Crippen LogP contribution >= 0.6 is 0 Å². The number of ether oxygens (including phenoxy) is 2. The molecule has 0 aromatic heterocycles. The van der Waals surface area contributed by atoms with Gasteiger partial charge in [-0.25, -0.2) is 4.79 Å². The minimum Gasteiger partial charge on any atom is -0.486 e. The summed E-state index contributed by atoms with van der Waals surface area (Å²) in [5, 5.41) is 5.81. The van der Waals surface area contributed by atoms with Gasteiger partial charge < -0.3 is 20.1 Å². The number of hydrogen-bond donors (Lipinski definition) is 2. The smallest absolute Gasteiger partial charge is 0.319 e. The Morgan fingerprint density at radius 2 is 1.70 bits per heavy atom. The van der Waals surface area contributed by atoms with Crippen molar-refractivity contribution in [3.63, 3.8) is 0 Å². The second-order valence-corrected chi connectivity index (χ2v) is 5.93. The second-order valence-electron chi connectivity index (χ2n) is 5.93. The van der Waals surface area contributed by atoms with Crippen LogP contribution in [0.1, 0.15) is 19.4 Å². The van der Waals surface area contributed by atoms with Crippen molar-refractivity contribution in [1.29, 1.82) is 0 Å². The molecule has 0 unspecified atom stereocenters. The summed E-state index contributed by atoms with van der Waals surface area (Å²) in [6.45, 7) is 5.00. The monoisotopic (exact) mass is 312 g/mol. The highest BCUT2D eigenvalue weighted by molar-refractivity contribution is 5.89. The van der Waals surface area contributed by atoms with Gasteiger partial charge in [-0.3, -0.25) is 0 Å². The van der Waals surface area contributed by atoms with Gasteiger partial charge in [0.15, 0.2) is 11.5 Å². The first kappa shape index (κ1) is 15.2. The number of fused-ring (bicyclic) bond motifs is 1. The molecular weight excluding hydrogens is 292 g/mol. The summed E-state index contributed by atoms with van der Waals surface area (Å²) in [5.41, 5.74) is 1.15. The highest BCUT2D eigenvalue weighted by Crippen LogP contribution is 2.34. The third-order valence-corrected chi connectivity index (χ3v) is 3.72. The number of amides is 2. The number of benzene rings is 2. The summed E-state index contributed by atoms with van der Waals surface area (Å²) in [5.74, 6) is 1.46. The molecule has 1 heterocycles. The molecule has 120 valence electrons. The van der Waals surface area contributed by atoms with Gasteiger partial charge in [-0.2, -0.15) is 0 Å². The lowest BCUT2D eigenvalue weighted by Crippen LogP contribution is -2.43. The predicted octanol–water partition coefficient (Wildman–Crippen LogP) is 3.51. The molecule has 2 aromatic rings. The van der Waals surface area contributed by atoms with Gasteiger partial charge in [0, 0.05) is 5.69 Å². The maximum Gasteiger partial charge on any atom is 0.319 e. The van der Waals surface area contributed by atoms with Crippen molar-refractivity contribution in [2.75, 3.05) is 18.5 Å². The molecule has 5 nitrogen and oxygen atoms in total. The van der Waals surface area contributed by atoms with Crippen LogP contribution in [0, 0.1) is 0 Å². The van der Waals surface area contributed by atoms with Crippen molar-refractivity contribution < 1.29 is 14.3 Å². The van der Waals surface area contributed by atoms with E-state index < -0.39 is 5.54 Å². The predicted molar refractivity (Wildman–Crippen MR) is 89.1 cm³/mol. The molecular formula is C18H20N2O3. The van der Waals surface area contributed by atoms with Gasteiger partial charge in [0.25, 0.3) is 0 Å². The van der Waals surface area contributed by atoms with Crippen LogP contribution in [0.3, 0.4) is 0 Å². The summed E-state index contributed by atoms with van der Waals surface area (Å²) in [7, 11) is 0. The number of hydrogen-bond acceptors (Lipinski definition) is 3. The largest absolute Gasteiger partial charge is 0.486 e. The maximum absolute atomic E-state index is 12.2. The minimum absolute atomic E-state index is 0.254. The van der Waals surface area contributed by atoms with E-state index >= 15 is 0 Å². The van der Waals surface area contributed by atoms with Crippen LogP contribution in [0.4, 0.5) is 10.5 Å². The van der Waals surface area contributed by atoms with Crippen LogP contribution in [0.2, 0.25) is 0 Å². The number of nitrogens with one attached hydrogen (secondary N) is 2. The molecule has 1 aliphatic heterocycles. The summed E-state index contributed by atoms with van der Waals surface area (Å²) >= 11 is 0. The molecule has 2 amide bonds. The van der Waals surface area contributed by atoms with Crippen molar-refractivity contribution in [1.82, 2.24) is 5.32 Å². The minimum atomic E-state index is -0.547. The molecule has 0 saturated heterocycles. The van der Waals surface area contributed by atoms with Crippen molar-refractivity contribution in [2.45, 2.75) is 19.4 Å². The van der Waals surface area contributed by atoms with Crippen molar-refractivity contribution in [3.05, 3.63) is 54.1 Å². The zero-order chi connectivity index (χ0) is 16.3. The van der Waals surface area contributed by atoms with E-state index in [2.05, 4.69) is 10.6 Å². The van der Waals surface area contributed by atoms with Crippen LogP contribution in [-0.4, -0.2) is 19.2 Å². The van der Waals surface area contributed by atoms with Crippen LogP contribution in [-0.2, 0) is 5.54 Å². The molecule has 0 saturated carbocycles. The summed E-state index contributed by atoms with van der Waals surface area (Å²) < 4.78 is 11.1. The van der Waals surface area contributed by atoms with E-state index in [9.17, 15) is 4.79 Å². The Balaban J connectivity index is 1.72. The highest BCUT2D eigenvalue weighted by Gasteiger charge is 2.25. The molecule has 0 radical (unpaired) electrons. The lowest BCUT2D eigenvalue weighted by atomic mass is 9.94. The van der Waals surface area contributed by atoms with Crippen molar-refractivity contribution in [2.24, 2.45) is 0 Å². The van der Waals surface area contributed by atoms with E-state index in [1.54, 1.807) is 0 Å². The Morgan fingerprint density at radius 1 is 1.00 bits per heavy atom. The Morgan fingerprint density at radius 3 is 2.43 bits per heavy atom. The average Bonchev–Trinajstić information content (AvgIpc) is 2.54. The Labute approximate surface area is 135 Å². The van der Waals surface area contributed by atoms with Crippen LogP contribution in [0.15, 0.2) is 48.5 Å². The molecule has 0 spiro atoms. The first-order chi connectivity index (χ1) is 11.0. The Bertz CT molecular complexity index is 699. The van der Waals surface area contributed by atoms with Crippen LogP contribution in [0.25, 0.3) is 0 Å². The van der Waals surface area contributed by atoms with Gasteiger partial charge in [0.1, 0.15) is 13.2 Å². The van der Waals surface area contributed by atoms with Crippen LogP contribution in [0.5, 0.6) is 11.5 Å². The molecule has 2 aromatic carbocycles. The van der Waals surface area contributed by atoms with Crippen LogP contribution < -0.4 is 20.1 Å². The van der Waals surface area contributed by atoms with E-state index in [-0.39, 0.29) is 6.03 Å². The molecule has 0 fully saturated rings. The summed E-state index contributed by atoms with van der Waals surface area (Å²) in [6, 6.07) is 14.8. The molecule has 3 rings (SSSR count). The Hall–Kier alpha value is -2.69. The van der Waals surface area contributed by atoms with E-state index in [1.807, 2.05) is 62.4 Å². The van der Waals surface area contributed by atoms with Gasteiger partial charge in [0.05, 0.1) is 5.54 Å². The lowest BCUT2D eigenvalue weighted by Gasteiger charge is -2.28. The normalized spacial score (nSPS) is 13.3. The SMILES string of the molecule is CC(C)(NC(=O)Nc1ccccc1)c1ccc2c(c1)OCCO2. The highest BCUT2D eigenvalue weighted by atomic mass is 16.6. The number of carbonyl (C=O) groups is 1. The fourth-order valence-corrected chi connectivity index (χ4v) is 2.47. The number of carbonyl (C=O) groups excluding carboxylic acids is 1. The Kier molecular flexibility index (Phi) is 4.10. The zero-order valence-corrected chi connectivity index (χ0v) is 13.3.